The Hall–Kier alpha value is -2.62. The van der Waals surface area contributed by atoms with Gasteiger partial charge in [0.1, 0.15) is 5.82 Å². The highest BCUT2D eigenvalue weighted by Gasteiger charge is 2.47. The van der Waals surface area contributed by atoms with Crippen molar-refractivity contribution in [3.05, 3.63) is 71.0 Å². The van der Waals surface area contributed by atoms with Crippen molar-refractivity contribution in [2.24, 2.45) is 11.8 Å². The van der Waals surface area contributed by atoms with Crippen molar-refractivity contribution in [3.63, 3.8) is 0 Å². The molecule has 0 aromatic heterocycles. The monoisotopic (exact) mass is 530 g/mol. The van der Waals surface area contributed by atoms with Crippen LogP contribution in [0, 0.1) is 24.6 Å². The van der Waals surface area contributed by atoms with Gasteiger partial charge in [0.2, 0.25) is 5.91 Å². The number of benzene rings is 2. The summed E-state index contributed by atoms with van der Waals surface area (Å²) in [4.78, 5) is 31.6. The number of hydrogen-bond donors (Lipinski definition) is 0. The molecule has 2 aromatic rings. The Kier molecular flexibility index (Phi) is 8.46. The summed E-state index contributed by atoms with van der Waals surface area (Å²) in [6.45, 7) is 3.93. The van der Waals surface area contributed by atoms with Crippen LogP contribution in [0.15, 0.2) is 48.5 Å². The fourth-order valence-corrected chi connectivity index (χ4v) is 6.75. The maximum absolute atomic E-state index is 14.8. The Morgan fingerprint density at radius 3 is 2.38 bits per heavy atom. The van der Waals surface area contributed by atoms with Gasteiger partial charge in [-0.3, -0.25) is 14.5 Å². The van der Waals surface area contributed by atoms with Gasteiger partial charge in [0, 0.05) is 63.5 Å². The second-order valence-corrected chi connectivity index (χ2v) is 12.5. The first-order valence-electron chi connectivity index (χ1n) is 12.6. The van der Waals surface area contributed by atoms with Crippen molar-refractivity contribution in [1.29, 1.82) is 0 Å². The van der Waals surface area contributed by atoms with Crippen molar-refractivity contribution in [1.82, 2.24) is 9.80 Å². The number of halogens is 1. The summed E-state index contributed by atoms with van der Waals surface area (Å²) < 4.78 is 44.4. The molecule has 2 aliphatic rings. The third-order valence-electron chi connectivity index (χ3n) is 7.83. The number of carbonyl (C=O) groups excluding carboxylic acids is 2. The Bertz CT molecular complexity index is 1240. The number of ether oxygens (including phenoxy) is 1. The van der Waals surface area contributed by atoms with E-state index in [4.69, 9.17) is 4.74 Å². The van der Waals surface area contributed by atoms with Crippen LogP contribution in [-0.2, 0) is 19.4 Å². The topological polar surface area (TPSA) is 84.0 Å². The van der Waals surface area contributed by atoms with E-state index in [9.17, 15) is 22.4 Å². The minimum absolute atomic E-state index is 0.0930. The molecule has 2 aromatic carbocycles. The quantitative estimate of drug-likeness (QED) is 0.488. The maximum atomic E-state index is 14.8. The van der Waals surface area contributed by atoms with Gasteiger partial charge < -0.3 is 9.64 Å². The Morgan fingerprint density at radius 2 is 1.73 bits per heavy atom. The van der Waals surface area contributed by atoms with Crippen LogP contribution in [0.3, 0.4) is 0 Å². The fourth-order valence-electron chi connectivity index (χ4n) is 5.77. The number of piperidine rings is 1. The van der Waals surface area contributed by atoms with Gasteiger partial charge >= 0.3 is 0 Å². The highest BCUT2D eigenvalue weighted by atomic mass is 32.2. The molecule has 2 heterocycles. The van der Waals surface area contributed by atoms with E-state index in [1.54, 1.807) is 49.3 Å². The molecule has 0 spiro atoms. The molecule has 7 nitrogen and oxygen atoms in total. The Balaban J connectivity index is 1.77. The molecule has 200 valence electrons. The third-order valence-corrected chi connectivity index (χ3v) is 9.43. The summed E-state index contributed by atoms with van der Waals surface area (Å²) in [5.74, 6) is -2.43. The number of carbonyl (C=O) groups is 2. The lowest BCUT2D eigenvalue weighted by atomic mass is 9.69. The summed E-state index contributed by atoms with van der Waals surface area (Å²) in [7, 11) is -1.68. The fraction of sp³-hybridized carbons (Fsp3) is 0.500. The zero-order chi connectivity index (χ0) is 26.7. The average Bonchev–Trinajstić information content (AvgIpc) is 3.40. The van der Waals surface area contributed by atoms with Gasteiger partial charge in [0.05, 0.1) is 17.8 Å². The molecule has 2 saturated heterocycles. The van der Waals surface area contributed by atoms with E-state index in [0.29, 0.717) is 55.9 Å². The van der Waals surface area contributed by atoms with Crippen molar-refractivity contribution < 1.29 is 27.1 Å². The molecule has 0 N–H and O–H groups in total. The van der Waals surface area contributed by atoms with Crippen LogP contribution in [0.5, 0.6) is 0 Å². The molecule has 0 radical (unpaired) electrons. The van der Waals surface area contributed by atoms with Gasteiger partial charge in [-0.1, -0.05) is 42.5 Å². The van der Waals surface area contributed by atoms with Crippen molar-refractivity contribution >= 4 is 21.5 Å². The minimum atomic E-state index is -3.29. The van der Waals surface area contributed by atoms with Gasteiger partial charge in [0.15, 0.2) is 15.6 Å². The molecule has 1 amide bonds. The van der Waals surface area contributed by atoms with Gasteiger partial charge in [0.25, 0.3) is 0 Å². The summed E-state index contributed by atoms with van der Waals surface area (Å²) in [6.07, 6.45) is 1.59. The molecule has 2 aliphatic heterocycles. The molecular formula is C28H35FN2O5S. The smallest absolute Gasteiger partial charge is 0.227 e. The van der Waals surface area contributed by atoms with E-state index in [-0.39, 0.29) is 24.1 Å². The van der Waals surface area contributed by atoms with Crippen LogP contribution in [0.2, 0.25) is 0 Å². The lowest BCUT2D eigenvalue weighted by molar-refractivity contribution is -0.137. The second-order valence-electron chi connectivity index (χ2n) is 10.2. The number of likely N-dealkylation sites (tertiary alicyclic amines) is 2. The van der Waals surface area contributed by atoms with E-state index in [0.717, 1.165) is 0 Å². The minimum Gasteiger partial charge on any atom is -0.383 e. The van der Waals surface area contributed by atoms with E-state index >= 15 is 0 Å². The number of methoxy groups -OCH3 is 1. The van der Waals surface area contributed by atoms with Crippen LogP contribution in [-0.4, -0.2) is 87.9 Å². The van der Waals surface area contributed by atoms with Gasteiger partial charge in [-0.2, -0.15) is 0 Å². The summed E-state index contributed by atoms with van der Waals surface area (Å²) in [6, 6.07) is 13.8. The zero-order valence-corrected chi connectivity index (χ0v) is 22.4. The predicted octanol–water partition coefficient (Wildman–Crippen LogP) is 2.94. The first-order valence-corrected chi connectivity index (χ1v) is 14.6. The molecular weight excluding hydrogens is 495 g/mol. The van der Waals surface area contributed by atoms with Crippen molar-refractivity contribution in [2.75, 3.05) is 52.7 Å². The molecule has 4 rings (SSSR count). The first kappa shape index (κ1) is 27.4. The highest BCUT2D eigenvalue weighted by Crippen LogP contribution is 2.42. The first-order chi connectivity index (χ1) is 17.6. The van der Waals surface area contributed by atoms with Crippen LogP contribution in [0.25, 0.3) is 0 Å². The van der Waals surface area contributed by atoms with E-state index < -0.39 is 32.8 Å². The maximum Gasteiger partial charge on any atom is 0.227 e. The molecule has 2 fully saturated rings. The molecule has 1 unspecified atom stereocenters. The Morgan fingerprint density at radius 1 is 1.03 bits per heavy atom. The Labute approximate surface area is 218 Å². The number of amides is 1. The molecule has 0 saturated carbocycles. The lowest BCUT2D eigenvalue weighted by Crippen LogP contribution is -2.54. The molecule has 0 aliphatic carbocycles. The van der Waals surface area contributed by atoms with E-state index in [2.05, 4.69) is 4.90 Å². The number of sulfone groups is 1. The molecule has 37 heavy (non-hydrogen) atoms. The summed E-state index contributed by atoms with van der Waals surface area (Å²) >= 11 is 0. The SMILES string of the molecule is COCCN1CC(C(=O)N2CC[C@H](S(C)(=O)=O)C2)[C@H](c2cccc(F)c2C)[C@@H](C(=O)c2ccccc2)C1. The van der Waals surface area contributed by atoms with Crippen molar-refractivity contribution in [2.45, 2.75) is 24.5 Å². The second kappa shape index (κ2) is 11.4. The van der Waals surface area contributed by atoms with E-state index in [1.807, 2.05) is 12.1 Å². The molecule has 9 heteroatoms. The lowest BCUT2D eigenvalue weighted by Gasteiger charge is -2.44. The summed E-state index contributed by atoms with van der Waals surface area (Å²) in [5, 5.41) is -0.597. The molecule has 4 atom stereocenters. The standard InChI is InChI=1S/C28H35FN2O5S/c1-19-22(10-7-11-25(19)29)26-23(27(32)20-8-5-4-6-9-20)17-30(14-15-36-2)18-24(26)28(33)31-13-12-21(16-31)37(3,34)35/h4-11,21,23-24,26H,12-18H2,1-3H3/t21-,23-,24?,26+/m0/s1. The predicted molar refractivity (Wildman–Crippen MR) is 140 cm³/mol. The summed E-state index contributed by atoms with van der Waals surface area (Å²) in [5.41, 5.74) is 1.62. The van der Waals surface area contributed by atoms with Crippen LogP contribution < -0.4 is 0 Å². The van der Waals surface area contributed by atoms with Gasteiger partial charge in [-0.05, 0) is 30.5 Å². The number of Topliss-reactive ketones (excluding diaryl/α,β-unsaturated/α-hetero) is 1. The number of ketones is 1. The van der Waals surface area contributed by atoms with Crippen LogP contribution in [0.1, 0.15) is 33.8 Å². The third kappa shape index (κ3) is 5.94. The normalized spacial score (nSPS) is 24.8. The van der Waals surface area contributed by atoms with Crippen LogP contribution in [0.4, 0.5) is 4.39 Å². The largest absolute Gasteiger partial charge is 0.383 e. The number of nitrogens with zero attached hydrogens (tertiary/aromatic N) is 2. The number of hydrogen-bond acceptors (Lipinski definition) is 6. The van der Waals surface area contributed by atoms with Gasteiger partial charge in [-0.15, -0.1) is 0 Å². The zero-order valence-electron chi connectivity index (χ0n) is 21.6. The van der Waals surface area contributed by atoms with Crippen LogP contribution >= 0.6 is 0 Å². The van der Waals surface area contributed by atoms with Gasteiger partial charge in [-0.25, -0.2) is 12.8 Å². The van der Waals surface area contributed by atoms with Crippen molar-refractivity contribution in [3.8, 4) is 0 Å². The number of rotatable bonds is 8. The molecule has 0 bridgehead atoms. The van der Waals surface area contributed by atoms with E-state index in [1.165, 1.54) is 12.3 Å². The highest BCUT2D eigenvalue weighted by molar-refractivity contribution is 7.91. The average molecular weight is 531 g/mol.